The minimum atomic E-state index is -0.749. The van der Waals surface area contributed by atoms with Crippen molar-refractivity contribution in [1.82, 2.24) is 25.2 Å². The molecular weight excluding hydrogens is 482 g/mol. The van der Waals surface area contributed by atoms with E-state index < -0.39 is 6.04 Å². The summed E-state index contributed by atoms with van der Waals surface area (Å²) < 4.78 is 7.29. The number of para-hydroxylation sites is 1. The first-order chi connectivity index (χ1) is 17.1. The number of ether oxygens (including phenoxy) is 1. The first-order valence-corrected chi connectivity index (χ1v) is 13.4. The molecular formula is C25H27N5O3S2. The Balaban J connectivity index is 1.46. The lowest BCUT2D eigenvalue weighted by Crippen LogP contribution is -2.45. The van der Waals surface area contributed by atoms with E-state index in [2.05, 4.69) is 15.6 Å². The van der Waals surface area contributed by atoms with Gasteiger partial charge in [0.25, 0.3) is 0 Å². The van der Waals surface area contributed by atoms with Crippen LogP contribution in [-0.4, -0.2) is 51.0 Å². The Morgan fingerprint density at radius 3 is 2.83 bits per heavy atom. The second kappa shape index (κ2) is 10.7. The molecule has 2 atom stereocenters. The lowest BCUT2D eigenvalue weighted by atomic mass is 10.1. The molecule has 1 aliphatic heterocycles. The molecule has 0 aliphatic carbocycles. The molecule has 0 unspecified atom stereocenters. The number of hydrogen-bond acceptors (Lipinski definition) is 7. The highest BCUT2D eigenvalue weighted by Gasteiger charge is 2.34. The lowest BCUT2D eigenvalue weighted by molar-refractivity contribution is -0.142. The van der Waals surface area contributed by atoms with Crippen LogP contribution in [-0.2, 0) is 27.4 Å². The molecule has 0 radical (unpaired) electrons. The number of thiophene rings is 2. The van der Waals surface area contributed by atoms with Crippen molar-refractivity contribution in [3.63, 3.8) is 0 Å². The van der Waals surface area contributed by atoms with Crippen molar-refractivity contribution >= 4 is 45.5 Å². The van der Waals surface area contributed by atoms with Crippen LogP contribution >= 0.6 is 22.7 Å². The number of carbonyl (C=O) groups is 2. The Labute approximate surface area is 211 Å². The number of nitrogens with one attached hydrogen (secondary N) is 1. The average Bonchev–Trinajstić information content (AvgIpc) is 3.67. The molecule has 1 aliphatic rings. The Morgan fingerprint density at radius 1 is 1.20 bits per heavy atom. The fourth-order valence-corrected chi connectivity index (χ4v) is 6.07. The summed E-state index contributed by atoms with van der Waals surface area (Å²) in [6.45, 7) is 3.46. The predicted molar refractivity (Wildman–Crippen MR) is 136 cm³/mol. The van der Waals surface area contributed by atoms with Crippen LogP contribution < -0.4 is 5.32 Å². The molecule has 1 saturated heterocycles. The van der Waals surface area contributed by atoms with Crippen LogP contribution in [0.25, 0.3) is 11.0 Å². The van der Waals surface area contributed by atoms with Gasteiger partial charge in [0, 0.05) is 22.9 Å². The zero-order valence-electron chi connectivity index (χ0n) is 19.4. The van der Waals surface area contributed by atoms with Crippen LogP contribution in [0.4, 0.5) is 0 Å². The van der Waals surface area contributed by atoms with Gasteiger partial charge >= 0.3 is 0 Å². The predicted octanol–water partition coefficient (Wildman–Crippen LogP) is 3.93. The maximum atomic E-state index is 13.8. The minimum Gasteiger partial charge on any atom is -0.376 e. The van der Waals surface area contributed by atoms with E-state index in [1.165, 1.54) is 11.3 Å². The number of amides is 2. The van der Waals surface area contributed by atoms with Gasteiger partial charge in [0.05, 0.1) is 18.2 Å². The van der Waals surface area contributed by atoms with Gasteiger partial charge < -0.3 is 15.0 Å². The zero-order chi connectivity index (χ0) is 24.2. The summed E-state index contributed by atoms with van der Waals surface area (Å²) in [6.07, 6.45) is 1.95. The molecule has 1 N–H and O–H groups in total. The summed E-state index contributed by atoms with van der Waals surface area (Å²) >= 11 is 3.06. The van der Waals surface area contributed by atoms with Gasteiger partial charge in [0.15, 0.2) is 0 Å². The third-order valence-electron chi connectivity index (χ3n) is 6.17. The third-order valence-corrected chi connectivity index (χ3v) is 8.10. The monoisotopic (exact) mass is 509 g/mol. The van der Waals surface area contributed by atoms with Gasteiger partial charge in [-0.3, -0.25) is 9.59 Å². The summed E-state index contributed by atoms with van der Waals surface area (Å²) in [7, 11) is 0. The molecule has 3 aromatic heterocycles. The molecule has 35 heavy (non-hydrogen) atoms. The van der Waals surface area contributed by atoms with E-state index in [1.807, 2.05) is 60.1 Å². The third kappa shape index (κ3) is 5.29. The normalized spacial score (nSPS) is 16.4. The number of fused-ring (bicyclic) bond motifs is 1. The van der Waals surface area contributed by atoms with Crippen molar-refractivity contribution < 1.29 is 14.3 Å². The summed E-state index contributed by atoms with van der Waals surface area (Å²) in [5.41, 5.74) is 2.50. The Kier molecular flexibility index (Phi) is 7.21. The molecule has 1 aromatic carbocycles. The molecule has 1 fully saturated rings. The highest BCUT2D eigenvalue weighted by molar-refractivity contribution is 7.10. The van der Waals surface area contributed by atoms with Gasteiger partial charge in [-0.2, -0.15) is 0 Å². The number of rotatable bonds is 9. The van der Waals surface area contributed by atoms with Gasteiger partial charge in [0.2, 0.25) is 11.8 Å². The highest BCUT2D eigenvalue weighted by Crippen LogP contribution is 2.32. The van der Waals surface area contributed by atoms with E-state index in [0.29, 0.717) is 13.1 Å². The van der Waals surface area contributed by atoms with Crippen LogP contribution in [0.2, 0.25) is 0 Å². The SMILES string of the molecule is Cc1ccsc1[C@H](C(=O)NC[C@@H]1CCCO1)N(Cc1cccs1)C(=O)Cn1nnc2ccccc21. The van der Waals surface area contributed by atoms with Gasteiger partial charge in [-0.15, -0.1) is 27.8 Å². The Bertz CT molecular complexity index is 1290. The van der Waals surface area contributed by atoms with E-state index in [0.717, 1.165) is 45.8 Å². The Hall–Kier alpha value is -3.08. The van der Waals surface area contributed by atoms with Crippen LogP contribution in [0.15, 0.2) is 53.2 Å². The molecule has 0 saturated carbocycles. The van der Waals surface area contributed by atoms with Crippen molar-refractivity contribution in [1.29, 1.82) is 0 Å². The highest BCUT2D eigenvalue weighted by atomic mass is 32.1. The Morgan fingerprint density at radius 2 is 2.09 bits per heavy atom. The number of hydrogen-bond donors (Lipinski definition) is 1. The quantitative estimate of drug-likeness (QED) is 0.369. The standard InChI is InChI=1S/C25H27N5O3S2/c1-17-10-13-35-24(17)23(25(32)26-14-18-6-4-11-33-18)29(15-19-7-5-12-34-19)22(31)16-30-21-9-3-2-8-20(21)27-28-30/h2-3,5,7-10,12-13,18,23H,4,6,11,14-16H2,1H3,(H,26,32)/t18-,23+/m0/s1. The lowest BCUT2D eigenvalue weighted by Gasteiger charge is -2.31. The fraction of sp³-hybridized carbons (Fsp3) is 0.360. The van der Waals surface area contributed by atoms with E-state index in [1.54, 1.807) is 20.9 Å². The molecule has 4 heterocycles. The molecule has 182 valence electrons. The zero-order valence-corrected chi connectivity index (χ0v) is 21.1. The van der Waals surface area contributed by atoms with E-state index >= 15 is 0 Å². The maximum absolute atomic E-state index is 13.8. The van der Waals surface area contributed by atoms with Crippen molar-refractivity contribution in [2.75, 3.05) is 13.2 Å². The van der Waals surface area contributed by atoms with Crippen LogP contribution in [0.3, 0.4) is 0 Å². The topological polar surface area (TPSA) is 89.4 Å². The van der Waals surface area contributed by atoms with Crippen LogP contribution in [0.5, 0.6) is 0 Å². The largest absolute Gasteiger partial charge is 0.376 e. The summed E-state index contributed by atoms with van der Waals surface area (Å²) in [5, 5.41) is 15.4. The van der Waals surface area contributed by atoms with Gasteiger partial charge in [-0.05, 0) is 60.4 Å². The fourth-order valence-electron chi connectivity index (χ4n) is 4.33. The summed E-state index contributed by atoms with van der Waals surface area (Å²) in [4.78, 5) is 31.0. The van der Waals surface area contributed by atoms with Gasteiger partial charge in [0.1, 0.15) is 18.1 Å². The van der Waals surface area contributed by atoms with E-state index in [-0.39, 0.29) is 24.5 Å². The number of nitrogens with zero attached hydrogens (tertiary/aromatic N) is 4. The first kappa shape index (κ1) is 23.7. The van der Waals surface area contributed by atoms with E-state index in [4.69, 9.17) is 4.74 Å². The van der Waals surface area contributed by atoms with Crippen molar-refractivity contribution in [3.8, 4) is 0 Å². The van der Waals surface area contributed by atoms with Crippen LogP contribution in [0.1, 0.15) is 34.2 Å². The van der Waals surface area contributed by atoms with Gasteiger partial charge in [-0.1, -0.05) is 23.4 Å². The van der Waals surface area contributed by atoms with Crippen molar-refractivity contribution in [2.45, 2.75) is 45.0 Å². The minimum absolute atomic E-state index is 0.00811. The smallest absolute Gasteiger partial charge is 0.248 e. The van der Waals surface area contributed by atoms with E-state index in [9.17, 15) is 9.59 Å². The molecule has 0 spiro atoms. The molecule has 2 amide bonds. The van der Waals surface area contributed by atoms with Crippen molar-refractivity contribution in [3.05, 3.63) is 68.5 Å². The molecule has 10 heteroatoms. The molecule has 0 bridgehead atoms. The summed E-state index contributed by atoms with van der Waals surface area (Å²) in [5.74, 6) is -0.390. The molecule has 5 rings (SSSR count). The second-order valence-corrected chi connectivity index (χ2v) is 10.6. The van der Waals surface area contributed by atoms with Crippen LogP contribution in [0, 0.1) is 6.92 Å². The average molecular weight is 510 g/mol. The second-order valence-electron chi connectivity index (χ2n) is 8.59. The molecule has 4 aromatic rings. The molecule has 8 nitrogen and oxygen atoms in total. The number of benzene rings is 1. The van der Waals surface area contributed by atoms with Gasteiger partial charge in [-0.25, -0.2) is 4.68 Å². The van der Waals surface area contributed by atoms with Crippen molar-refractivity contribution in [2.24, 2.45) is 0 Å². The maximum Gasteiger partial charge on any atom is 0.248 e. The summed E-state index contributed by atoms with van der Waals surface area (Å²) in [6, 6.07) is 12.7. The number of aromatic nitrogens is 3. The first-order valence-electron chi connectivity index (χ1n) is 11.6. The number of carbonyl (C=O) groups excluding carboxylic acids is 2. The number of aryl methyl sites for hydroxylation is 1.